The zero-order valence-electron chi connectivity index (χ0n) is 11.5. The van der Waals surface area contributed by atoms with Crippen molar-refractivity contribution in [2.75, 3.05) is 11.6 Å². The number of nitrogens with one attached hydrogen (secondary N) is 1. The van der Waals surface area contributed by atoms with E-state index in [1.165, 1.54) is 10.3 Å². The molecule has 0 saturated heterocycles. The van der Waals surface area contributed by atoms with Crippen molar-refractivity contribution in [3.8, 4) is 0 Å². The van der Waals surface area contributed by atoms with Crippen LogP contribution in [0.15, 0.2) is 34.9 Å². The van der Waals surface area contributed by atoms with E-state index in [0.29, 0.717) is 0 Å². The van der Waals surface area contributed by atoms with E-state index < -0.39 is 0 Å². The molecule has 0 aliphatic carbocycles. The number of hydrogen-bond donors (Lipinski definition) is 1. The fourth-order valence-corrected chi connectivity index (χ4v) is 3.50. The number of aromatic nitrogens is 3. The minimum atomic E-state index is 0.791. The van der Waals surface area contributed by atoms with Crippen LogP contribution in [-0.4, -0.2) is 21.0 Å². The number of nitrogens with zero attached hydrogens (tertiary/aromatic N) is 3. The Kier molecular flexibility index (Phi) is 3.93. The van der Waals surface area contributed by atoms with Crippen molar-refractivity contribution in [3.63, 3.8) is 0 Å². The maximum absolute atomic E-state index is 4.55. The third kappa shape index (κ3) is 2.81. The minimum Gasteiger partial charge on any atom is -0.381 e. The average Bonchev–Trinajstić information content (AvgIpc) is 3.10. The summed E-state index contributed by atoms with van der Waals surface area (Å²) in [5, 5.41) is 7.71. The predicted molar refractivity (Wildman–Crippen MR) is 86.6 cm³/mol. The molecule has 0 saturated carbocycles. The summed E-state index contributed by atoms with van der Waals surface area (Å²) in [4.78, 5) is 4.55. The highest BCUT2D eigenvalue weighted by molar-refractivity contribution is 8.00. The SMILES string of the molecule is CCn1cc(CNc2ccc3nc(SC)sc3c2)cn1. The van der Waals surface area contributed by atoms with E-state index in [-0.39, 0.29) is 0 Å². The van der Waals surface area contributed by atoms with Gasteiger partial charge in [0.15, 0.2) is 4.34 Å². The maximum atomic E-state index is 4.55. The van der Waals surface area contributed by atoms with Gasteiger partial charge < -0.3 is 5.32 Å². The second-order valence-corrected chi connectivity index (χ2v) is 6.51. The molecule has 2 aromatic heterocycles. The van der Waals surface area contributed by atoms with Crippen LogP contribution in [0.25, 0.3) is 10.2 Å². The number of fused-ring (bicyclic) bond motifs is 1. The van der Waals surface area contributed by atoms with Gasteiger partial charge in [-0.05, 0) is 31.4 Å². The fraction of sp³-hybridized carbons (Fsp3) is 0.286. The number of thiazole rings is 1. The quantitative estimate of drug-likeness (QED) is 0.727. The van der Waals surface area contributed by atoms with Crippen LogP contribution in [-0.2, 0) is 13.1 Å². The second-order valence-electron chi connectivity index (χ2n) is 4.42. The molecular formula is C14H16N4S2. The van der Waals surface area contributed by atoms with Gasteiger partial charge in [0.2, 0.25) is 0 Å². The molecule has 3 aromatic rings. The van der Waals surface area contributed by atoms with Gasteiger partial charge in [0.1, 0.15) is 0 Å². The third-order valence-electron chi connectivity index (χ3n) is 3.05. The highest BCUT2D eigenvalue weighted by atomic mass is 32.2. The van der Waals surface area contributed by atoms with Crippen LogP contribution in [0, 0.1) is 0 Å². The van der Waals surface area contributed by atoms with Crippen molar-refractivity contribution in [1.29, 1.82) is 0 Å². The molecule has 3 rings (SSSR count). The molecule has 0 amide bonds. The minimum absolute atomic E-state index is 0.791. The molecule has 0 atom stereocenters. The second kappa shape index (κ2) is 5.85. The Hall–Kier alpha value is -1.53. The molecule has 0 fully saturated rings. The van der Waals surface area contributed by atoms with Gasteiger partial charge in [-0.2, -0.15) is 5.10 Å². The van der Waals surface area contributed by atoms with Gasteiger partial charge >= 0.3 is 0 Å². The van der Waals surface area contributed by atoms with Crippen LogP contribution in [0.5, 0.6) is 0 Å². The van der Waals surface area contributed by atoms with Crippen LogP contribution >= 0.6 is 23.1 Å². The van der Waals surface area contributed by atoms with Crippen LogP contribution in [0.3, 0.4) is 0 Å². The first kappa shape index (κ1) is 13.5. The summed E-state index contributed by atoms with van der Waals surface area (Å²) in [6.45, 7) is 3.79. The van der Waals surface area contributed by atoms with E-state index in [1.54, 1.807) is 23.1 Å². The Morgan fingerprint density at radius 3 is 3.05 bits per heavy atom. The molecule has 0 spiro atoms. The predicted octanol–water partition coefficient (Wildman–Crippen LogP) is 3.85. The number of anilines is 1. The molecule has 1 N–H and O–H groups in total. The summed E-state index contributed by atoms with van der Waals surface area (Å²) in [7, 11) is 0. The van der Waals surface area contributed by atoms with Gasteiger partial charge in [0.25, 0.3) is 0 Å². The molecule has 0 aliphatic rings. The Morgan fingerprint density at radius 1 is 1.40 bits per heavy atom. The van der Waals surface area contributed by atoms with Gasteiger partial charge in [0, 0.05) is 30.5 Å². The summed E-state index contributed by atoms with van der Waals surface area (Å²) >= 11 is 3.43. The van der Waals surface area contributed by atoms with Gasteiger partial charge in [-0.1, -0.05) is 11.8 Å². The third-order valence-corrected chi connectivity index (χ3v) is 5.05. The highest BCUT2D eigenvalue weighted by Gasteiger charge is 2.04. The molecule has 0 aliphatic heterocycles. The number of rotatable bonds is 5. The van der Waals surface area contributed by atoms with Crippen molar-refractivity contribution in [2.24, 2.45) is 0 Å². The summed E-state index contributed by atoms with van der Waals surface area (Å²) < 4.78 is 4.28. The van der Waals surface area contributed by atoms with Gasteiger partial charge in [0.05, 0.1) is 16.4 Å². The number of benzene rings is 1. The monoisotopic (exact) mass is 304 g/mol. The van der Waals surface area contributed by atoms with Gasteiger partial charge in [-0.25, -0.2) is 4.98 Å². The van der Waals surface area contributed by atoms with Crippen LogP contribution in [0.4, 0.5) is 5.69 Å². The summed E-state index contributed by atoms with van der Waals surface area (Å²) in [6.07, 6.45) is 6.04. The smallest absolute Gasteiger partial charge is 0.150 e. The number of hydrogen-bond acceptors (Lipinski definition) is 5. The lowest BCUT2D eigenvalue weighted by atomic mass is 10.3. The summed E-state index contributed by atoms with van der Waals surface area (Å²) in [6, 6.07) is 6.32. The Labute approximate surface area is 126 Å². The zero-order chi connectivity index (χ0) is 13.9. The molecule has 104 valence electrons. The van der Waals surface area contributed by atoms with Gasteiger partial charge in [-0.3, -0.25) is 4.68 Å². The lowest BCUT2D eigenvalue weighted by Crippen LogP contribution is -1.98. The Bertz CT molecular complexity index is 717. The fourth-order valence-electron chi connectivity index (χ4n) is 1.98. The zero-order valence-corrected chi connectivity index (χ0v) is 13.1. The number of aryl methyl sites for hydroxylation is 1. The first-order valence-corrected chi connectivity index (χ1v) is 8.52. The van der Waals surface area contributed by atoms with Gasteiger partial charge in [-0.15, -0.1) is 11.3 Å². The maximum Gasteiger partial charge on any atom is 0.150 e. The molecule has 6 heteroatoms. The molecule has 4 nitrogen and oxygen atoms in total. The summed E-state index contributed by atoms with van der Waals surface area (Å²) in [5.41, 5.74) is 3.39. The normalized spacial score (nSPS) is 11.1. The molecule has 0 unspecified atom stereocenters. The highest BCUT2D eigenvalue weighted by Crippen LogP contribution is 2.30. The Balaban J connectivity index is 1.73. The van der Waals surface area contributed by atoms with Crippen LogP contribution < -0.4 is 5.32 Å². The van der Waals surface area contributed by atoms with E-state index >= 15 is 0 Å². The van der Waals surface area contributed by atoms with Crippen molar-refractivity contribution in [1.82, 2.24) is 14.8 Å². The molecule has 0 bridgehead atoms. The van der Waals surface area contributed by atoms with E-state index in [9.17, 15) is 0 Å². The summed E-state index contributed by atoms with van der Waals surface area (Å²) in [5.74, 6) is 0. The molecular weight excluding hydrogens is 288 g/mol. The topological polar surface area (TPSA) is 42.7 Å². The molecule has 0 radical (unpaired) electrons. The molecule has 1 aromatic carbocycles. The van der Waals surface area contributed by atoms with Crippen molar-refractivity contribution in [3.05, 3.63) is 36.2 Å². The largest absolute Gasteiger partial charge is 0.381 e. The van der Waals surface area contributed by atoms with E-state index in [4.69, 9.17) is 0 Å². The van der Waals surface area contributed by atoms with Crippen LogP contribution in [0.1, 0.15) is 12.5 Å². The average molecular weight is 304 g/mol. The van der Waals surface area contributed by atoms with E-state index in [0.717, 1.165) is 28.6 Å². The lowest BCUT2D eigenvalue weighted by molar-refractivity contribution is 0.659. The lowest BCUT2D eigenvalue weighted by Gasteiger charge is -2.04. The van der Waals surface area contributed by atoms with E-state index in [1.807, 2.05) is 10.9 Å². The van der Waals surface area contributed by atoms with Crippen LogP contribution in [0.2, 0.25) is 0 Å². The van der Waals surface area contributed by atoms with Crippen molar-refractivity contribution < 1.29 is 0 Å². The number of thioether (sulfide) groups is 1. The first-order chi connectivity index (χ1) is 9.78. The first-order valence-electron chi connectivity index (χ1n) is 6.48. The Morgan fingerprint density at radius 2 is 2.30 bits per heavy atom. The standard InChI is InChI=1S/C14H16N4S2/c1-3-18-9-10(8-16-18)7-15-11-4-5-12-13(6-11)20-14(17-12)19-2/h4-6,8-9,15H,3,7H2,1-2H3. The van der Waals surface area contributed by atoms with Crippen molar-refractivity contribution in [2.45, 2.75) is 24.4 Å². The van der Waals surface area contributed by atoms with Crippen molar-refractivity contribution >= 4 is 39.0 Å². The molecule has 2 heterocycles. The van der Waals surface area contributed by atoms with E-state index in [2.05, 4.69) is 53.0 Å². The molecule has 20 heavy (non-hydrogen) atoms.